The fraction of sp³-hybridized carbons (Fsp3) is 0.584. The lowest BCUT2D eigenvalue weighted by Gasteiger charge is -2.33. The number of aromatic hydroxyl groups is 1. The van der Waals surface area contributed by atoms with Gasteiger partial charge in [0.25, 0.3) is 0 Å². The highest BCUT2D eigenvalue weighted by atomic mass is 16.4. The lowest BCUT2D eigenvalue weighted by Crippen LogP contribution is -2.61. The van der Waals surface area contributed by atoms with Crippen molar-refractivity contribution >= 4 is 111 Å². The van der Waals surface area contributed by atoms with Crippen LogP contribution in [-0.4, -0.2) is 272 Å². The number of primary amides is 2. The molecule has 0 bridgehead atoms. The Morgan fingerprint density at radius 1 is 0.462 bits per heavy atom. The molecule has 0 radical (unpaired) electrons. The zero-order valence-electron chi connectivity index (χ0n) is 74.5. The largest absolute Gasteiger partial charge is 0.508 e. The maximum absolute atomic E-state index is 15.0. The molecule has 130 heavy (non-hydrogen) atoms. The second kappa shape index (κ2) is 53.1. The Balaban J connectivity index is 1.01. The number of phenolic OH excluding ortho intramolecular Hbond substituents is 1. The standard InChI is InChI=1S/C89H133N21O20/c1-5-52(4)75(85(125)106-68(50-111)89(129)130)107-82(122)65(44-51(2)3)104-81(121)67(45-53-20-7-6-8-21-53)105-77(117)60(24-11-14-38-90)101-84(124)70-28-18-42-109(70)88(128)71-29-19-43-110(71)86(126)63(25-12-15-39-91)98-74(115)49-97-83(123)69-27-17-41-108(69)87(127)64(26-13-16-40-92)102-79(119)62(35-37-73(95)114)99-78(118)61(34-36-72(94)113)100-80(120)66(46-54-30-32-56(112)33-31-54)103-76(116)58(93)47-55-48-96-59-23-10-9-22-57(55)59/h6-10,20-23,30-33,48,51-52,58,60-71,75,96,111-112H,5,11-19,24-29,34-47,49-50,90-93H2,1-4H3,(H2,94,113)(H2,95,114)(H,97,123)(H,98,115)(H,99,118)(H,100,120)(H,101,124)(H,102,119)(H,103,116)(H,104,121)(H,105,117)(H,106,125)(H,107,122)(H,129,130)/t52-,58-,60-,61-,62-,63-,64-,65-,66-,67-,68-,69-,70-,71-,75-/m0/s1. The number of aromatic nitrogens is 1. The fourth-order valence-corrected chi connectivity index (χ4v) is 16.2. The molecule has 4 aromatic rings. The number of carboxylic acids is 1. The molecule has 41 heteroatoms. The van der Waals surface area contributed by atoms with E-state index < -0.39 is 230 Å². The van der Waals surface area contributed by atoms with E-state index in [1.807, 2.05) is 24.3 Å². The van der Waals surface area contributed by atoms with Crippen molar-refractivity contribution in [3.05, 3.63) is 102 Å². The normalized spacial score (nSPS) is 17.6. The monoisotopic (exact) mass is 1820 g/mol. The molecule has 1 aromatic heterocycles. The van der Waals surface area contributed by atoms with Gasteiger partial charge in [-0.1, -0.05) is 94.8 Å². The molecule has 41 nitrogen and oxygen atoms in total. The second-order valence-electron chi connectivity index (χ2n) is 34.0. The lowest BCUT2D eigenvalue weighted by molar-refractivity contribution is -0.148. The number of aromatic amines is 1. The van der Waals surface area contributed by atoms with Gasteiger partial charge in [0, 0.05) is 62.4 Å². The van der Waals surface area contributed by atoms with Crippen molar-refractivity contribution in [2.24, 2.45) is 46.2 Å². The minimum atomic E-state index is -1.66. The highest BCUT2D eigenvalue weighted by molar-refractivity contribution is 6.01. The number of nitrogens with one attached hydrogen (secondary N) is 12. The molecule has 16 amide bonds. The summed E-state index contributed by atoms with van der Waals surface area (Å²) < 4.78 is 0. The van der Waals surface area contributed by atoms with Crippen LogP contribution in [0.25, 0.3) is 10.9 Å². The predicted octanol–water partition coefficient (Wildman–Crippen LogP) is -2.75. The molecular weight excluding hydrogens is 1680 g/mol. The van der Waals surface area contributed by atoms with Gasteiger partial charge in [-0.05, 0) is 188 Å². The SMILES string of the molecule is CC[C@H](C)[C@H](NC(=O)[C@H](CC(C)C)NC(=O)[C@H](Cc1ccccc1)NC(=O)[C@H](CCCCN)NC(=O)[C@@H]1CCCN1C(=O)[C@@H]1CCCN1C(=O)[C@H](CCCCN)NC(=O)CNC(=O)[C@@H]1CCCN1C(=O)[C@H](CCCCN)NC(=O)[C@H](CCC(N)=O)NC(=O)[C@H](CCC(N)=O)NC(=O)[C@H](Cc1ccc(O)cc1)NC(=O)[C@@H](N)Cc1c[nH]c2ccccc12)C(=O)N[C@@H](CO)C(=O)O. The Morgan fingerprint density at radius 3 is 1.42 bits per heavy atom. The van der Waals surface area contributed by atoms with Gasteiger partial charge in [0.1, 0.15) is 84.3 Å². The smallest absolute Gasteiger partial charge is 0.328 e. The quantitative estimate of drug-likeness (QED) is 0.0199. The summed E-state index contributed by atoms with van der Waals surface area (Å²) in [6, 6.07) is 2.84. The number of benzene rings is 3. The summed E-state index contributed by atoms with van der Waals surface area (Å²) in [6.07, 6.45) is 3.72. The van der Waals surface area contributed by atoms with E-state index in [0.29, 0.717) is 68.9 Å². The van der Waals surface area contributed by atoms with Crippen molar-refractivity contribution in [1.82, 2.24) is 78.2 Å². The summed E-state index contributed by atoms with van der Waals surface area (Å²) >= 11 is 0. The minimum Gasteiger partial charge on any atom is -0.508 e. The number of likely N-dealkylation sites (tertiary alicyclic amines) is 3. The number of carbonyl (C=O) groups is 17. The summed E-state index contributed by atoms with van der Waals surface area (Å²) in [4.78, 5) is 246. The fourth-order valence-electron chi connectivity index (χ4n) is 16.2. The molecule has 3 aromatic carbocycles. The molecule has 3 fully saturated rings. The van der Waals surface area contributed by atoms with E-state index in [1.165, 1.54) is 39.0 Å². The van der Waals surface area contributed by atoms with Crippen molar-refractivity contribution in [2.75, 3.05) is 52.4 Å². The molecule has 15 atom stereocenters. The van der Waals surface area contributed by atoms with Gasteiger partial charge in [-0.3, -0.25) is 76.7 Å². The van der Waals surface area contributed by atoms with Crippen LogP contribution in [0.4, 0.5) is 0 Å². The van der Waals surface area contributed by atoms with Gasteiger partial charge in [0.2, 0.25) is 94.5 Å². The van der Waals surface area contributed by atoms with Gasteiger partial charge >= 0.3 is 5.97 Å². The predicted molar refractivity (Wildman–Crippen MR) is 478 cm³/mol. The topological polar surface area (TPSA) is 665 Å². The number of nitrogens with zero attached hydrogens (tertiary/aromatic N) is 3. The minimum absolute atomic E-state index is 0.00825. The molecule has 0 saturated carbocycles. The Kier molecular flexibility index (Phi) is 42.8. The van der Waals surface area contributed by atoms with E-state index in [0.717, 1.165) is 16.5 Å². The molecule has 714 valence electrons. The van der Waals surface area contributed by atoms with Crippen LogP contribution in [0, 0.1) is 11.8 Å². The number of para-hydroxylation sites is 1. The molecule has 3 aliphatic heterocycles. The number of amides is 16. The van der Waals surface area contributed by atoms with E-state index in [1.54, 1.807) is 64.2 Å². The van der Waals surface area contributed by atoms with Crippen LogP contribution in [0.15, 0.2) is 85.1 Å². The molecule has 3 saturated heterocycles. The van der Waals surface area contributed by atoms with Crippen LogP contribution in [0.2, 0.25) is 0 Å². The number of hydrogen-bond acceptors (Lipinski definition) is 23. The molecule has 27 N–H and O–H groups in total. The number of fused-ring (bicyclic) bond motifs is 1. The number of aliphatic hydroxyl groups is 1. The molecular formula is C89H133N21O20. The van der Waals surface area contributed by atoms with Crippen LogP contribution < -0.4 is 92.9 Å². The molecule has 0 aliphatic carbocycles. The number of rotatable bonds is 55. The van der Waals surface area contributed by atoms with Crippen LogP contribution in [-0.2, 0) is 101 Å². The summed E-state index contributed by atoms with van der Waals surface area (Å²) in [5.74, 6) is -15.3. The first-order valence-electron chi connectivity index (χ1n) is 44.9. The number of unbranched alkanes of at least 4 members (excludes halogenated alkanes) is 3. The number of carboxylic acid groups (broad SMARTS) is 1. The van der Waals surface area contributed by atoms with Crippen molar-refractivity contribution in [3.8, 4) is 5.75 Å². The Bertz CT molecular complexity index is 4520. The summed E-state index contributed by atoms with van der Waals surface area (Å²) in [6.45, 7) is 6.22. The number of aliphatic hydroxyl groups excluding tert-OH is 1. The maximum Gasteiger partial charge on any atom is 0.328 e. The van der Waals surface area contributed by atoms with E-state index in [9.17, 15) is 96.8 Å². The van der Waals surface area contributed by atoms with Gasteiger partial charge in [-0.15, -0.1) is 0 Å². The third-order valence-corrected chi connectivity index (χ3v) is 23.6. The van der Waals surface area contributed by atoms with Crippen LogP contribution >= 0.6 is 0 Å². The maximum atomic E-state index is 15.0. The molecule has 0 spiro atoms. The summed E-state index contributed by atoms with van der Waals surface area (Å²) in [5, 5.41) is 59.2. The molecule has 4 heterocycles. The Morgan fingerprint density at radius 2 is 0.900 bits per heavy atom. The second-order valence-corrected chi connectivity index (χ2v) is 34.0. The average molecular weight is 1820 g/mol. The van der Waals surface area contributed by atoms with Crippen molar-refractivity contribution < 1.29 is 96.8 Å². The van der Waals surface area contributed by atoms with E-state index >= 15 is 0 Å². The van der Waals surface area contributed by atoms with Crippen LogP contribution in [0.5, 0.6) is 5.75 Å². The average Bonchev–Trinajstić information content (AvgIpc) is 1.63. The molecule has 3 aliphatic rings. The third kappa shape index (κ3) is 32.2. The van der Waals surface area contributed by atoms with E-state index in [-0.39, 0.29) is 122 Å². The summed E-state index contributed by atoms with van der Waals surface area (Å²) in [7, 11) is 0. The first-order valence-corrected chi connectivity index (χ1v) is 44.9. The third-order valence-electron chi connectivity index (χ3n) is 23.6. The summed E-state index contributed by atoms with van der Waals surface area (Å²) in [5.41, 5.74) is 37.8. The van der Waals surface area contributed by atoms with Gasteiger partial charge in [-0.25, -0.2) is 4.79 Å². The van der Waals surface area contributed by atoms with E-state index in [2.05, 4.69) is 63.5 Å². The number of carbonyl (C=O) groups excluding carboxylic acids is 16. The zero-order valence-corrected chi connectivity index (χ0v) is 74.5. The Hall–Kier alpha value is -12.2. The van der Waals surface area contributed by atoms with Gasteiger partial charge in [-0.2, -0.15) is 0 Å². The number of phenols is 1. The zero-order chi connectivity index (χ0) is 95.3. The van der Waals surface area contributed by atoms with Gasteiger partial charge in [0.15, 0.2) is 0 Å². The van der Waals surface area contributed by atoms with E-state index in [4.69, 9.17) is 34.4 Å². The highest BCUT2D eigenvalue weighted by Crippen LogP contribution is 2.29. The number of hydrogen-bond donors (Lipinski definition) is 21. The van der Waals surface area contributed by atoms with Crippen molar-refractivity contribution in [2.45, 2.75) is 266 Å². The van der Waals surface area contributed by atoms with Crippen LogP contribution in [0.3, 0.4) is 0 Å². The first-order chi connectivity index (χ1) is 62.1. The molecule has 7 rings (SSSR count). The van der Waals surface area contributed by atoms with Crippen molar-refractivity contribution in [3.63, 3.8) is 0 Å². The van der Waals surface area contributed by atoms with Gasteiger partial charge in [0.05, 0.1) is 19.2 Å². The molecule has 0 unspecified atom stereocenters. The Labute approximate surface area is 755 Å². The number of aliphatic carboxylic acids is 1. The number of H-pyrrole nitrogens is 1. The lowest BCUT2D eigenvalue weighted by atomic mass is 9.96. The number of nitrogens with two attached hydrogens (primary N) is 6. The highest BCUT2D eigenvalue weighted by Gasteiger charge is 2.46. The van der Waals surface area contributed by atoms with Crippen LogP contribution in [0.1, 0.15) is 179 Å². The van der Waals surface area contributed by atoms with Gasteiger partial charge < -0.3 is 128 Å². The van der Waals surface area contributed by atoms with Crippen molar-refractivity contribution in [1.29, 1.82) is 0 Å². The first kappa shape index (κ1) is 105.